The standard InChI is InChI=1S/C25H33NO3/c1-4-6-7-8-9-11-20-12-17-23(26-18-20)21-13-15-22(16-14-21)25(28)29-19(3)24(27)10-5-2/h12-19H,4-11H2,1-3H3. The first-order chi connectivity index (χ1) is 14.0. The van der Waals surface area contributed by atoms with E-state index in [0.717, 1.165) is 24.1 Å². The number of ketones is 1. The summed E-state index contributed by atoms with van der Waals surface area (Å²) in [5, 5.41) is 0. The molecule has 0 fully saturated rings. The van der Waals surface area contributed by atoms with Crippen molar-refractivity contribution < 1.29 is 14.3 Å². The molecule has 1 atom stereocenters. The lowest BCUT2D eigenvalue weighted by atomic mass is 10.0. The minimum absolute atomic E-state index is 0.0490. The maximum absolute atomic E-state index is 12.2. The summed E-state index contributed by atoms with van der Waals surface area (Å²) < 4.78 is 5.27. The van der Waals surface area contributed by atoms with Gasteiger partial charge in [-0.3, -0.25) is 9.78 Å². The number of nitrogens with zero attached hydrogens (tertiary/aromatic N) is 1. The van der Waals surface area contributed by atoms with Gasteiger partial charge in [0.1, 0.15) is 0 Å². The molecule has 1 unspecified atom stereocenters. The summed E-state index contributed by atoms with van der Waals surface area (Å²) in [4.78, 5) is 28.6. The van der Waals surface area contributed by atoms with Crippen LogP contribution in [0.1, 0.15) is 81.6 Å². The molecule has 0 radical (unpaired) electrons. The third-order valence-electron chi connectivity index (χ3n) is 5.04. The van der Waals surface area contributed by atoms with Crippen LogP contribution in [0.5, 0.6) is 0 Å². The Kier molecular flexibility index (Phi) is 9.55. The Morgan fingerprint density at radius 1 is 0.931 bits per heavy atom. The van der Waals surface area contributed by atoms with E-state index in [-0.39, 0.29) is 5.78 Å². The van der Waals surface area contributed by atoms with E-state index < -0.39 is 12.1 Å². The highest BCUT2D eigenvalue weighted by molar-refractivity contribution is 5.93. The normalized spacial score (nSPS) is 11.8. The first kappa shape index (κ1) is 22.8. The van der Waals surface area contributed by atoms with E-state index in [4.69, 9.17) is 4.74 Å². The first-order valence-corrected chi connectivity index (χ1v) is 10.8. The predicted molar refractivity (Wildman–Crippen MR) is 117 cm³/mol. The number of ether oxygens (including phenoxy) is 1. The van der Waals surface area contributed by atoms with Crippen molar-refractivity contribution in [3.63, 3.8) is 0 Å². The van der Waals surface area contributed by atoms with Gasteiger partial charge in [-0.1, -0.05) is 57.7 Å². The molecule has 0 saturated carbocycles. The Bertz CT molecular complexity index is 766. The van der Waals surface area contributed by atoms with Crippen LogP contribution in [0.15, 0.2) is 42.6 Å². The average Bonchev–Trinajstić information content (AvgIpc) is 2.74. The Hall–Kier alpha value is -2.49. The zero-order valence-electron chi connectivity index (χ0n) is 17.9. The molecular weight excluding hydrogens is 362 g/mol. The molecule has 156 valence electrons. The van der Waals surface area contributed by atoms with Crippen LogP contribution in [-0.4, -0.2) is 22.8 Å². The lowest BCUT2D eigenvalue weighted by Crippen LogP contribution is -2.24. The Morgan fingerprint density at radius 3 is 2.28 bits per heavy atom. The van der Waals surface area contributed by atoms with Crippen LogP contribution in [0.3, 0.4) is 0 Å². The molecule has 0 saturated heterocycles. The molecule has 29 heavy (non-hydrogen) atoms. The van der Waals surface area contributed by atoms with Crippen molar-refractivity contribution in [2.75, 3.05) is 0 Å². The second-order valence-electron chi connectivity index (χ2n) is 7.56. The van der Waals surface area contributed by atoms with E-state index in [1.807, 2.05) is 31.3 Å². The van der Waals surface area contributed by atoms with E-state index in [9.17, 15) is 9.59 Å². The van der Waals surface area contributed by atoms with Crippen molar-refractivity contribution in [2.24, 2.45) is 0 Å². The largest absolute Gasteiger partial charge is 0.451 e. The van der Waals surface area contributed by atoms with Gasteiger partial charge in [0.15, 0.2) is 11.9 Å². The third kappa shape index (κ3) is 7.45. The Labute approximate surface area is 174 Å². The number of carbonyl (C=O) groups is 2. The molecule has 0 aliphatic heterocycles. The van der Waals surface area contributed by atoms with Crippen LogP contribution in [0.2, 0.25) is 0 Å². The molecule has 2 aromatic rings. The number of aryl methyl sites for hydroxylation is 1. The van der Waals surface area contributed by atoms with Crippen LogP contribution < -0.4 is 0 Å². The lowest BCUT2D eigenvalue weighted by molar-refractivity contribution is -0.126. The number of benzene rings is 1. The number of carbonyl (C=O) groups excluding carboxylic acids is 2. The minimum atomic E-state index is -0.710. The van der Waals surface area contributed by atoms with Gasteiger partial charge in [0.25, 0.3) is 0 Å². The number of aromatic nitrogens is 1. The van der Waals surface area contributed by atoms with Gasteiger partial charge >= 0.3 is 5.97 Å². The second kappa shape index (κ2) is 12.2. The molecule has 4 heteroatoms. The second-order valence-corrected chi connectivity index (χ2v) is 7.56. The first-order valence-electron chi connectivity index (χ1n) is 10.8. The molecule has 4 nitrogen and oxygen atoms in total. The summed E-state index contributed by atoms with van der Waals surface area (Å²) in [7, 11) is 0. The SMILES string of the molecule is CCCCCCCc1ccc(-c2ccc(C(=O)OC(C)C(=O)CCC)cc2)nc1. The number of hydrogen-bond donors (Lipinski definition) is 0. The fraction of sp³-hybridized carbons (Fsp3) is 0.480. The fourth-order valence-electron chi connectivity index (χ4n) is 3.20. The fourth-order valence-corrected chi connectivity index (χ4v) is 3.20. The molecule has 0 N–H and O–H groups in total. The van der Waals surface area contributed by atoms with Crippen LogP contribution >= 0.6 is 0 Å². The number of esters is 1. The molecule has 0 amide bonds. The van der Waals surface area contributed by atoms with E-state index in [0.29, 0.717) is 12.0 Å². The number of pyridine rings is 1. The molecular formula is C25H33NO3. The van der Waals surface area contributed by atoms with Gasteiger partial charge in [-0.05, 0) is 49.9 Å². The summed E-state index contributed by atoms with van der Waals surface area (Å²) in [5.74, 6) is -0.521. The van der Waals surface area contributed by atoms with Gasteiger partial charge in [0.05, 0.1) is 11.3 Å². The molecule has 0 aliphatic rings. The van der Waals surface area contributed by atoms with Crippen LogP contribution in [-0.2, 0) is 16.0 Å². The summed E-state index contributed by atoms with van der Waals surface area (Å²) in [5.41, 5.74) is 3.53. The van der Waals surface area contributed by atoms with Crippen LogP contribution in [0.25, 0.3) is 11.3 Å². The third-order valence-corrected chi connectivity index (χ3v) is 5.04. The van der Waals surface area contributed by atoms with Crippen molar-refractivity contribution in [1.82, 2.24) is 4.98 Å². The van der Waals surface area contributed by atoms with E-state index in [1.54, 1.807) is 19.1 Å². The number of rotatable bonds is 12. The van der Waals surface area contributed by atoms with Crippen LogP contribution in [0.4, 0.5) is 0 Å². The van der Waals surface area contributed by atoms with Crippen molar-refractivity contribution >= 4 is 11.8 Å². The molecule has 1 aromatic heterocycles. The van der Waals surface area contributed by atoms with Crippen molar-refractivity contribution in [2.45, 2.75) is 78.2 Å². The highest BCUT2D eigenvalue weighted by Crippen LogP contribution is 2.19. The zero-order valence-corrected chi connectivity index (χ0v) is 17.9. The maximum Gasteiger partial charge on any atom is 0.338 e. The molecule has 2 rings (SSSR count). The predicted octanol–water partition coefficient (Wildman–Crippen LogP) is 6.18. The Morgan fingerprint density at radius 2 is 1.66 bits per heavy atom. The van der Waals surface area contributed by atoms with E-state index in [2.05, 4.69) is 18.0 Å². The number of hydrogen-bond acceptors (Lipinski definition) is 4. The van der Waals surface area contributed by atoms with Crippen LogP contribution in [0, 0.1) is 0 Å². The maximum atomic E-state index is 12.2. The molecule has 1 heterocycles. The molecule has 0 bridgehead atoms. The van der Waals surface area contributed by atoms with Crippen molar-refractivity contribution in [3.8, 4) is 11.3 Å². The summed E-state index contributed by atoms with van der Waals surface area (Å²) in [6.07, 6.45) is 9.84. The van der Waals surface area contributed by atoms with Gasteiger partial charge in [-0.2, -0.15) is 0 Å². The monoisotopic (exact) mass is 395 g/mol. The topological polar surface area (TPSA) is 56.3 Å². The molecule has 1 aromatic carbocycles. The lowest BCUT2D eigenvalue weighted by Gasteiger charge is -2.12. The van der Waals surface area contributed by atoms with E-state index in [1.165, 1.54) is 37.7 Å². The number of Topliss-reactive ketones (excluding diaryl/α,β-unsaturated/α-hetero) is 1. The average molecular weight is 396 g/mol. The number of unbranched alkanes of at least 4 members (excludes halogenated alkanes) is 4. The smallest absolute Gasteiger partial charge is 0.338 e. The van der Waals surface area contributed by atoms with E-state index >= 15 is 0 Å². The summed E-state index contributed by atoms with van der Waals surface area (Å²) >= 11 is 0. The summed E-state index contributed by atoms with van der Waals surface area (Å²) in [6.45, 7) is 5.78. The van der Waals surface area contributed by atoms with Gasteiger partial charge in [-0.15, -0.1) is 0 Å². The summed E-state index contributed by atoms with van der Waals surface area (Å²) in [6, 6.07) is 11.3. The highest BCUT2D eigenvalue weighted by atomic mass is 16.5. The Balaban J connectivity index is 1.90. The quantitative estimate of drug-likeness (QED) is 0.318. The van der Waals surface area contributed by atoms with Gasteiger partial charge in [0.2, 0.25) is 0 Å². The van der Waals surface area contributed by atoms with Gasteiger partial charge < -0.3 is 4.74 Å². The molecule has 0 aliphatic carbocycles. The minimum Gasteiger partial charge on any atom is -0.451 e. The molecule has 0 spiro atoms. The van der Waals surface area contributed by atoms with Gasteiger partial charge in [0, 0.05) is 18.2 Å². The highest BCUT2D eigenvalue weighted by Gasteiger charge is 2.18. The zero-order chi connectivity index (χ0) is 21.1. The van der Waals surface area contributed by atoms with Crippen molar-refractivity contribution in [1.29, 1.82) is 0 Å². The van der Waals surface area contributed by atoms with Crippen molar-refractivity contribution in [3.05, 3.63) is 53.7 Å². The van der Waals surface area contributed by atoms with Gasteiger partial charge in [-0.25, -0.2) is 4.79 Å².